The highest BCUT2D eigenvalue weighted by Crippen LogP contribution is 2.28. The number of ether oxygens (including phenoxy) is 1. The molecule has 1 atom stereocenters. The standard InChI is InChI=1S/C22H26N4O3/c1-22(17-6-4-3-5-7-17)20(27)26(21(28)23-22)16-24-12-14-25(15-13-24)18-8-10-19(29-2)11-9-18/h3-11H,12-16H2,1-2H3,(H,23,28)/p+1/t22-/m1/s1. The van der Waals surface area contributed by atoms with Gasteiger partial charge in [0, 0.05) is 5.69 Å². The number of piperazine rings is 1. The lowest BCUT2D eigenvalue weighted by Crippen LogP contribution is -3.16. The highest BCUT2D eigenvalue weighted by Gasteiger charge is 2.50. The van der Waals surface area contributed by atoms with Crippen LogP contribution in [0.1, 0.15) is 12.5 Å². The van der Waals surface area contributed by atoms with Crippen LogP contribution in [-0.2, 0) is 10.3 Å². The number of urea groups is 1. The number of hydrogen-bond acceptors (Lipinski definition) is 4. The van der Waals surface area contributed by atoms with E-state index in [1.165, 1.54) is 9.80 Å². The molecule has 2 aromatic carbocycles. The molecular weight excluding hydrogens is 368 g/mol. The summed E-state index contributed by atoms with van der Waals surface area (Å²) in [5.41, 5.74) is 0.972. The van der Waals surface area contributed by atoms with Crippen molar-refractivity contribution in [2.45, 2.75) is 12.5 Å². The quantitative estimate of drug-likeness (QED) is 0.736. The fraction of sp³-hybridized carbons (Fsp3) is 0.364. The van der Waals surface area contributed by atoms with Crippen molar-refractivity contribution in [2.75, 3.05) is 44.9 Å². The number of carbonyl (C=O) groups excluding carboxylic acids is 2. The Hall–Kier alpha value is -3.06. The molecule has 0 bridgehead atoms. The first-order valence-corrected chi connectivity index (χ1v) is 9.93. The Labute approximate surface area is 170 Å². The third-order valence-electron chi connectivity index (χ3n) is 5.92. The number of hydrogen-bond donors (Lipinski definition) is 2. The minimum absolute atomic E-state index is 0.182. The molecule has 4 rings (SSSR count). The van der Waals surface area contributed by atoms with Gasteiger partial charge < -0.3 is 19.9 Å². The third-order valence-corrected chi connectivity index (χ3v) is 5.92. The van der Waals surface area contributed by atoms with Gasteiger partial charge in [-0.05, 0) is 36.8 Å². The van der Waals surface area contributed by atoms with Crippen molar-refractivity contribution in [1.29, 1.82) is 0 Å². The number of carbonyl (C=O) groups is 2. The van der Waals surface area contributed by atoms with Crippen LogP contribution in [0.3, 0.4) is 0 Å². The number of amides is 3. The molecule has 2 aromatic rings. The first kappa shape index (κ1) is 19.3. The van der Waals surface area contributed by atoms with Gasteiger partial charge in [-0.1, -0.05) is 30.3 Å². The van der Waals surface area contributed by atoms with Crippen molar-refractivity contribution in [3.05, 3.63) is 60.2 Å². The molecular formula is C22H27N4O3+. The molecule has 7 nitrogen and oxygen atoms in total. The maximum absolute atomic E-state index is 13.1. The fourth-order valence-electron chi connectivity index (χ4n) is 4.06. The van der Waals surface area contributed by atoms with E-state index >= 15 is 0 Å². The Morgan fingerprint density at radius 3 is 2.31 bits per heavy atom. The number of benzene rings is 2. The minimum Gasteiger partial charge on any atom is -0.497 e. The number of nitrogens with one attached hydrogen (secondary N) is 2. The van der Waals surface area contributed by atoms with E-state index in [2.05, 4.69) is 22.3 Å². The summed E-state index contributed by atoms with van der Waals surface area (Å²) < 4.78 is 5.22. The largest absolute Gasteiger partial charge is 0.497 e. The summed E-state index contributed by atoms with van der Waals surface area (Å²) in [6.45, 7) is 5.65. The first-order valence-electron chi connectivity index (χ1n) is 9.93. The van der Waals surface area contributed by atoms with E-state index < -0.39 is 5.54 Å². The van der Waals surface area contributed by atoms with Crippen LogP contribution in [-0.4, -0.2) is 56.8 Å². The van der Waals surface area contributed by atoms with Crippen LogP contribution in [0.5, 0.6) is 5.75 Å². The highest BCUT2D eigenvalue weighted by molar-refractivity contribution is 6.07. The van der Waals surface area contributed by atoms with Crippen LogP contribution < -0.4 is 19.9 Å². The molecule has 2 N–H and O–H groups in total. The number of nitrogens with zero attached hydrogens (tertiary/aromatic N) is 2. The van der Waals surface area contributed by atoms with Gasteiger partial charge in [0.15, 0.2) is 6.67 Å². The van der Waals surface area contributed by atoms with Gasteiger partial charge in [-0.3, -0.25) is 4.79 Å². The van der Waals surface area contributed by atoms with Crippen molar-refractivity contribution in [1.82, 2.24) is 10.2 Å². The molecule has 3 amide bonds. The Bertz CT molecular complexity index is 879. The zero-order valence-electron chi connectivity index (χ0n) is 16.9. The number of methoxy groups -OCH3 is 1. The summed E-state index contributed by atoms with van der Waals surface area (Å²) in [7, 11) is 1.66. The van der Waals surface area contributed by atoms with Crippen molar-refractivity contribution < 1.29 is 19.2 Å². The van der Waals surface area contributed by atoms with Crippen molar-refractivity contribution in [2.24, 2.45) is 0 Å². The molecule has 2 aliphatic rings. The van der Waals surface area contributed by atoms with E-state index in [9.17, 15) is 9.59 Å². The second-order valence-corrected chi connectivity index (χ2v) is 7.75. The second kappa shape index (κ2) is 7.75. The summed E-state index contributed by atoms with van der Waals surface area (Å²) >= 11 is 0. The summed E-state index contributed by atoms with van der Waals surface area (Å²) in [6, 6.07) is 17.2. The summed E-state index contributed by atoms with van der Waals surface area (Å²) in [5, 5.41) is 2.88. The molecule has 0 unspecified atom stereocenters. The van der Waals surface area contributed by atoms with E-state index in [1.54, 1.807) is 14.0 Å². The van der Waals surface area contributed by atoms with Gasteiger partial charge in [0.2, 0.25) is 0 Å². The normalized spacial score (nSPS) is 22.7. The minimum atomic E-state index is -0.997. The number of quaternary nitrogens is 1. The molecule has 0 radical (unpaired) electrons. The van der Waals surface area contributed by atoms with E-state index in [-0.39, 0.29) is 11.9 Å². The number of rotatable bonds is 5. The number of imide groups is 1. The summed E-state index contributed by atoms with van der Waals surface area (Å²) in [5.74, 6) is 0.664. The molecule has 152 valence electrons. The molecule has 2 fully saturated rings. The molecule has 0 aliphatic carbocycles. The van der Waals surface area contributed by atoms with Crippen molar-refractivity contribution in [3.8, 4) is 5.75 Å². The Kier molecular flexibility index (Phi) is 5.15. The smallest absolute Gasteiger partial charge is 0.329 e. The van der Waals surface area contributed by atoms with Gasteiger partial charge in [-0.25, -0.2) is 9.69 Å². The maximum atomic E-state index is 13.1. The SMILES string of the molecule is COc1ccc(N2CC[NH+](CN3C(=O)N[C@](C)(c4ccccc4)C3=O)CC2)cc1. The first-order chi connectivity index (χ1) is 14.0. The lowest BCUT2D eigenvalue weighted by atomic mass is 9.92. The van der Waals surface area contributed by atoms with Gasteiger partial charge in [-0.15, -0.1) is 0 Å². The van der Waals surface area contributed by atoms with Gasteiger partial charge in [0.05, 0.1) is 33.3 Å². The van der Waals surface area contributed by atoms with Crippen LogP contribution >= 0.6 is 0 Å². The van der Waals surface area contributed by atoms with E-state index in [4.69, 9.17) is 4.74 Å². The summed E-state index contributed by atoms with van der Waals surface area (Å²) in [4.78, 5) is 30.5. The zero-order chi connectivity index (χ0) is 20.4. The monoisotopic (exact) mass is 395 g/mol. The van der Waals surface area contributed by atoms with Crippen LogP contribution in [0.2, 0.25) is 0 Å². The fourth-order valence-corrected chi connectivity index (χ4v) is 4.06. The maximum Gasteiger partial charge on any atom is 0.329 e. The van der Waals surface area contributed by atoms with Crippen LogP contribution in [0.15, 0.2) is 54.6 Å². The Morgan fingerprint density at radius 1 is 1.03 bits per heavy atom. The average molecular weight is 395 g/mol. The molecule has 29 heavy (non-hydrogen) atoms. The van der Waals surface area contributed by atoms with Crippen molar-refractivity contribution in [3.63, 3.8) is 0 Å². The molecule has 0 saturated carbocycles. The van der Waals surface area contributed by atoms with Gasteiger partial charge in [0.25, 0.3) is 5.91 Å². The predicted octanol–water partition coefficient (Wildman–Crippen LogP) is 0.825. The lowest BCUT2D eigenvalue weighted by molar-refractivity contribution is -0.907. The zero-order valence-corrected chi connectivity index (χ0v) is 16.9. The Morgan fingerprint density at radius 2 is 1.69 bits per heavy atom. The summed E-state index contributed by atoms with van der Waals surface area (Å²) in [6.07, 6.45) is 0. The average Bonchev–Trinajstić information content (AvgIpc) is 2.99. The van der Waals surface area contributed by atoms with Crippen LogP contribution in [0, 0.1) is 0 Å². The van der Waals surface area contributed by atoms with Gasteiger partial charge >= 0.3 is 6.03 Å². The number of anilines is 1. The molecule has 0 spiro atoms. The van der Waals surface area contributed by atoms with Gasteiger partial charge in [-0.2, -0.15) is 0 Å². The Balaban J connectivity index is 1.38. The molecule has 2 heterocycles. The lowest BCUT2D eigenvalue weighted by Gasteiger charge is -2.34. The molecule has 0 aromatic heterocycles. The third kappa shape index (κ3) is 3.65. The van der Waals surface area contributed by atoms with E-state index in [0.717, 1.165) is 43.2 Å². The van der Waals surface area contributed by atoms with E-state index in [1.807, 2.05) is 42.5 Å². The van der Waals surface area contributed by atoms with Crippen LogP contribution in [0.4, 0.5) is 10.5 Å². The highest BCUT2D eigenvalue weighted by atomic mass is 16.5. The molecule has 7 heteroatoms. The molecule has 2 saturated heterocycles. The van der Waals surface area contributed by atoms with E-state index in [0.29, 0.717) is 6.67 Å². The molecule has 2 aliphatic heterocycles. The van der Waals surface area contributed by atoms with Crippen LogP contribution in [0.25, 0.3) is 0 Å². The predicted molar refractivity (Wildman–Crippen MR) is 110 cm³/mol. The second-order valence-electron chi connectivity index (χ2n) is 7.75. The topological polar surface area (TPSA) is 66.3 Å². The van der Waals surface area contributed by atoms with Crippen molar-refractivity contribution >= 4 is 17.6 Å². The van der Waals surface area contributed by atoms with Gasteiger partial charge in [0.1, 0.15) is 11.3 Å².